The minimum atomic E-state index is -4.49. The molecule has 1 unspecified atom stereocenters. The fourth-order valence-corrected chi connectivity index (χ4v) is 11.4. The maximum absolute atomic E-state index is 12.7. The van der Waals surface area contributed by atoms with E-state index in [1.165, 1.54) is 84.8 Å². The van der Waals surface area contributed by atoms with E-state index in [2.05, 4.69) is 130 Å². The van der Waals surface area contributed by atoms with Gasteiger partial charge < -0.3 is 24.8 Å². The molecule has 0 amide bonds. The molecule has 8 rings (SSSR count). The predicted molar refractivity (Wildman–Crippen MR) is 230 cm³/mol. The summed E-state index contributed by atoms with van der Waals surface area (Å²) < 4.78 is 76.7. The summed E-state index contributed by atoms with van der Waals surface area (Å²) in [7, 11) is -1.07. The zero-order valence-electron chi connectivity index (χ0n) is 35.8. The number of rotatable bonds is 3. The van der Waals surface area contributed by atoms with E-state index in [4.69, 9.17) is 0 Å². The molecule has 0 radical (unpaired) electrons. The fourth-order valence-electron chi connectivity index (χ4n) is 8.74. The Bertz CT molecular complexity index is 2440. The number of hydrogen-bond acceptors (Lipinski definition) is 0. The molecule has 0 aliphatic heterocycles. The van der Waals surface area contributed by atoms with E-state index in [1.54, 1.807) is 5.20 Å². The van der Waals surface area contributed by atoms with E-state index in [0.717, 1.165) is 48.5 Å². The van der Waals surface area contributed by atoms with E-state index in [0.29, 0.717) is 9.12 Å². The largest absolute Gasteiger partial charge is 1.00 e. The van der Waals surface area contributed by atoms with Gasteiger partial charge in [-0.2, -0.15) is 6.08 Å². The van der Waals surface area contributed by atoms with Gasteiger partial charge >= 0.3 is 137 Å². The van der Waals surface area contributed by atoms with Crippen LogP contribution in [0.2, 0.25) is 19.6 Å². The maximum atomic E-state index is 12.7. The average Bonchev–Trinajstić information content (AvgIpc) is 3.79. The molecule has 60 heavy (non-hydrogen) atoms. The number of halogens is 8. The van der Waals surface area contributed by atoms with Gasteiger partial charge in [-0.05, 0) is 44.2 Å². The van der Waals surface area contributed by atoms with E-state index in [1.807, 2.05) is 0 Å². The van der Waals surface area contributed by atoms with E-state index >= 15 is 0 Å². The standard InChI is InChI=1S/C25H25.C15H8F6.C10H17Si.2ClH.Zr/c1-14-12-24(3,4)22-8-16-7-17-9-23-19(15(2)13-25(23,5)6)11-21(17)20(16)10-18(14)22;16-14(17,18)12-5-1-3-10(8-12)7-11-4-2-6-13(9-11)15(19,20)21;1-8-6-9(2)10(7-8)11(3,4)5;;;/h7-13H,1-6H3;1-6,8-9H;7-8H,1-5H3;2*1H;/q-1;;-1;;;+2/p-2. The zero-order chi connectivity index (χ0) is 42.9. The molecular weight excluding hydrogens is 905 g/mol. The SMILES string of the molecule is CC1=CC(C)(C)c2cc3[cH-]c4cc5c(cc4c3cc21)C(C)=CC5(C)C.CC1=[C-]C(C)C=C1[Si](C)(C)C.FC(F)(F)c1cccc([C](=[Zr+2])c2cccc(C(F)(F)F)c2)c1.[Cl-].[Cl-]. The summed E-state index contributed by atoms with van der Waals surface area (Å²) in [5.41, 5.74) is 9.19. The molecule has 0 nitrogen and oxygen atoms in total. The minimum Gasteiger partial charge on any atom is -1.00 e. The van der Waals surface area contributed by atoms with Gasteiger partial charge in [0, 0.05) is 10.8 Å². The van der Waals surface area contributed by atoms with Gasteiger partial charge in [0.05, 0.1) is 0 Å². The van der Waals surface area contributed by atoms with E-state index in [9.17, 15) is 26.3 Å². The summed E-state index contributed by atoms with van der Waals surface area (Å²) in [4.78, 5) is 0. The summed E-state index contributed by atoms with van der Waals surface area (Å²) in [6, 6.07) is 21.3. The Morgan fingerprint density at radius 2 is 1.07 bits per heavy atom. The summed E-state index contributed by atoms with van der Waals surface area (Å²) in [6.07, 6.45) is 1.65. The first-order chi connectivity index (χ1) is 26.7. The van der Waals surface area contributed by atoms with Gasteiger partial charge in [-0.25, -0.2) is 10.8 Å². The normalized spacial score (nSPS) is 17.4. The number of benzene rings is 4. The third-order valence-corrected chi connectivity index (χ3v) is 15.0. The van der Waals surface area contributed by atoms with Crippen molar-refractivity contribution in [2.45, 2.75) is 98.2 Å². The van der Waals surface area contributed by atoms with Gasteiger partial charge in [0.2, 0.25) is 0 Å². The van der Waals surface area contributed by atoms with Crippen LogP contribution in [0.25, 0.3) is 32.7 Å². The topological polar surface area (TPSA) is 0 Å². The van der Waals surface area contributed by atoms with Crippen LogP contribution < -0.4 is 24.8 Å². The minimum absolute atomic E-state index is 0. The molecule has 10 heteroatoms. The van der Waals surface area contributed by atoms with Crippen molar-refractivity contribution in [3.05, 3.63) is 158 Å². The Labute approximate surface area is 379 Å². The molecule has 0 saturated carbocycles. The molecule has 0 aromatic heterocycles. The molecule has 0 fully saturated rings. The second-order valence-electron chi connectivity index (χ2n) is 18.1. The summed E-state index contributed by atoms with van der Waals surface area (Å²) in [6.45, 7) is 25.3. The van der Waals surface area contributed by atoms with Crippen LogP contribution in [0.4, 0.5) is 26.3 Å². The monoisotopic (exact) mass is 952 g/mol. The van der Waals surface area contributed by atoms with Gasteiger partial charge in [0.25, 0.3) is 0 Å². The van der Waals surface area contributed by atoms with Gasteiger partial charge in [-0.15, -0.1) is 39.7 Å². The first-order valence-corrected chi connectivity index (χ1v) is 24.3. The zero-order valence-corrected chi connectivity index (χ0v) is 40.8. The molecular formula is C50H50Cl2F6SiZr-2. The van der Waals surface area contributed by atoms with Crippen molar-refractivity contribution in [3.63, 3.8) is 0 Å². The molecule has 1 atom stereocenters. The molecule has 5 aromatic carbocycles. The van der Waals surface area contributed by atoms with Crippen molar-refractivity contribution >= 4 is 44.0 Å². The van der Waals surface area contributed by atoms with Crippen LogP contribution in [0.1, 0.15) is 99.9 Å². The molecule has 3 aliphatic carbocycles. The second kappa shape index (κ2) is 17.5. The fraction of sp³-hybridized carbons (Fsp3) is 0.320. The van der Waals surface area contributed by atoms with Crippen LogP contribution in [0.15, 0.2) is 108 Å². The first-order valence-electron chi connectivity index (χ1n) is 19.6. The van der Waals surface area contributed by atoms with E-state index < -0.39 is 31.6 Å². The molecule has 316 valence electrons. The van der Waals surface area contributed by atoms with Gasteiger partial charge in [-0.1, -0.05) is 103 Å². The van der Waals surface area contributed by atoms with Crippen LogP contribution in [0.3, 0.4) is 0 Å². The Morgan fingerprint density at radius 1 is 0.667 bits per heavy atom. The Hall–Kier alpha value is -3.16. The predicted octanol–water partition coefficient (Wildman–Crippen LogP) is 9.14. The van der Waals surface area contributed by atoms with Crippen molar-refractivity contribution in [1.82, 2.24) is 0 Å². The van der Waals surface area contributed by atoms with Crippen LogP contribution in [0, 0.1) is 12.0 Å². The molecule has 0 saturated heterocycles. The summed E-state index contributed by atoms with van der Waals surface area (Å²) in [5.74, 6) is 0.553. The molecule has 0 spiro atoms. The quantitative estimate of drug-likeness (QED) is 0.0963. The Balaban J connectivity index is 0.000000209. The van der Waals surface area contributed by atoms with Crippen LogP contribution in [-0.4, -0.2) is 11.3 Å². The summed E-state index contributed by atoms with van der Waals surface area (Å²) >= 11 is 0.729. The Morgan fingerprint density at radius 3 is 1.38 bits per heavy atom. The maximum Gasteiger partial charge on any atom is -1.00 e. The summed E-state index contributed by atoms with van der Waals surface area (Å²) in [5, 5.41) is 7.17. The van der Waals surface area contributed by atoms with Gasteiger partial charge in [-0.3, -0.25) is 6.08 Å². The average molecular weight is 955 g/mol. The van der Waals surface area contributed by atoms with Crippen LogP contribution in [-0.2, 0) is 47.4 Å². The number of fused-ring (bicyclic) bond motifs is 5. The third-order valence-electron chi connectivity index (χ3n) is 11.4. The molecule has 5 aromatic rings. The molecule has 0 N–H and O–H groups in total. The number of hydrogen-bond donors (Lipinski definition) is 0. The molecule has 0 heterocycles. The number of alkyl halides is 6. The second-order valence-corrected chi connectivity index (χ2v) is 24.4. The van der Waals surface area contributed by atoms with Crippen molar-refractivity contribution in [3.8, 4) is 0 Å². The van der Waals surface area contributed by atoms with E-state index in [-0.39, 0.29) is 46.8 Å². The van der Waals surface area contributed by atoms with Crippen molar-refractivity contribution in [2.75, 3.05) is 0 Å². The third kappa shape index (κ3) is 10.2. The molecule has 0 bridgehead atoms. The first kappa shape index (κ1) is 49.5. The van der Waals surface area contributed by atoms with Crippen LogP contribution >= 0.6 is 0 Å². The van der Waals surface area contributed by atoms with Crippen molar-refractivity contribution in [2.24, 2.45) is 5.92 Å². The van der Waals surface area contributed by atoms with Crippen LogP contribution in [0.5, 0.6) is 0 Å². The van der Waals surface area contributed by atoms with Crippen molar-refractivity contribution in [1.29, 1.82) is 0 Å². The van der Waals surface area contributed by atoms with Crippen molar-refractivity contribution < 1.29 is 75.4 Å². The number of allylic oxidation sites excluding steroid dienone is 8. The van der Waals surface area contributed by atoms with Gasteiger partial charge in [0.15, 0.2) is 0 Å². The molecule has 3 aliphatic rings. The van der Waals surface area contributed by atoms with Gasteiger partial charge in [0.1, 0.15) is 0 Å². The smallest absolute Gasteiger partial charge is 1.00 e. The Kier molecular flexibility index (Phi) is 14.5.